The molecule has 0 N–H and O–H groups in total. The highest BCUT2D eigenvalue weighted by Gasteiger charge is 2.32. The first-order valence-corrected chi connectivity index (χ1v) is 10.3. The third-order valence-electron chi connectivity index (χ3n) is 5.53. The van der Waals surface area contributed by atoms with Crippen LogP contribution in [0.4, 0.5) is 8.78 Å². The first kappa shape index (κ1) is 22.3. The van der Waals surface area contributed by atoms with Crippen LogP contribution in [0.1, 0.15) is 63.9 Å². The molecule has 1 heterocycles. The van der Waals surface area contributed by atoms with Crippen molar-refractivity contribution in [3.8, 4) is 0 Å². The predicted molar refractivity (Wildman–Crippen MR) is 103 cm³/mol. The summed E-state index contributed by atoms with van der Waals surface area (Å²) in [4.78, 5) is 0. The van der Waals surface area contributed by atoms with Gasteiger partial charge in [0.15, 0.2) is 17.9 Å². The Morgan fingerprint density at radius 2 is 1.67 bits per heavy atom. The summed E-state index contributed by atoms with van der Waals surface area (Å²) in [6.07, 6.45) is 5.95. The zero-order valence-electron chi connectivity index (χ0n) is 16.9. The van der Waals surface area contributed by atoms with Crippen LogP contribution < -0.4 is 0 Å². The molecular weight excluding hydrogens is 350 g/mol. The number of methoxy groups -OCH3 is 1. The Bertz CT molecular complexity index is 536. The van der Waals surface area contributed by atoms with Crippen LogP contribution >= 0.6 is 0 Å². The van der Waals surface area contributed by atoms with Crippen LogP contribution in [0.25, 0.3) is 0 Å². The molecule has 5 heteroatoms. The zero-order chi connectivity index (χ0) is 19.6. The fourth-order valence-electron chi connectivity index (χ4n) is 4.00. The second-order valence-electron chi connectivity index (χ2n) is 7.32. The third kappa shape index (κ3) is 6.51. The van der Waals surface area contributed by atoms with Gasteiger partial charge in [0.05, 0.1) is 13.2 Å². The fraction of sp³-hybridized carbons (Fsp3) is 0.727. The minimum absolute atomic E-state index is 0.107. The SMILES string of the molecule is CC.COCCCC1COC(C2CCC(c3ccc(F)c(F)c3)CC2)OC1. The van der Waals surface area contributed by atoms with Crippen LogP contribution in [-0.2, 0) is 14.2 Å². The lowest BCUT2D eigenvalue weighted by atomic mass is 9.78. The summed E-state index contributed by atoms with van der Waals surface area (Å²) < 4.78 is 43.5. The summed E-state index contributed by atoms with van der Waals surface area (Å²) in [6.45, 7) is 6.31. The third-order valence-corrected chi connectivity index (χ3v) is 5.53. The molecule has 2 fully saturated rings. The highest BCUT2D eigenvalue weighted by molar-refractivity contribution is 5.22. The van der Waals surface area contributed by atoms with E-state index in [1.54, 1.807) is 13.2 Å². The highest BCUT2D eigenvalue weighted by Crippen LogP contribution is 2.39. The Balaban J connectivity index is 0.00000126. The summed E-state index contributed by atoms with van der Waals surface area (Å²) >= 11 is 0. The van der Waals surface area contributed by atoms with E-state index in [0.29, 0.717) is 17.8 Å². The van der Waals surface area contributed by atoms with E-state index >= 15 is 0 Å². The standard InChI is InChI=1S/C20H28F2O3.C2H6/c1-23-10-2-3-14-12-24-20(25-13-14)16-6-4-15(5-7-16)17-8-9-18(21)19(22)11-17;1-2/h8-9,11,14-16,20H,2-7,10,12-13H2,1H3;1-2H3. The number of ether oxygens (including phenoxy) is 3. The average molecular weight is 385 g/mol. The lowest BCUT2D eigenvalue weighted by molar-refractivity contribution is -0.229. The van der Waals surface area contributed by atoms with Crippen LogP contribution in [0.5, 0.6) is 0 Å². The van der Waals surface area contributed by atoms with Crippen molar-refractivity contribution in [2.45, 2.75) is 64.6 Å². The van der Waals surface area contributed by atoms with Crippen molar-refractivity contribution in [3.63, 3.8) is 0 Å². The molecule has 1 aromatic carbocycles. The smallest absolute Gasteiger partial charge is 0.160 e. The largest absolute Gasteiger partial charge is 0.385 e. The summed E-state index contributed by atoms with van der Waals surface area (Å²) in [7, 11) is 1.72. The van der Waals surface area contributed by atoms with Gasteiger partial charge in [-0.25, -0.2) is 8.78 Å². The second-order valence-corrected chi connectivity index (χ2v) is 7.32. The van der Waals surface area contributed by atoms with Crippen molar-refractivity contribution in [1.82, 2.24) is 0 Å². The van der Waals surface area contributed by atoms with Gasteiger partial charge < -0.3 is 14.2 Å². The lowest BCUT2D eigenvalue weighted by Crippen LogP contribution is -2.38. The molecule has 0 amide bonds. The monoisotopic (exact) mass is 384 g/mol. The van der Waals surface area contributed by atoms with Gasteiger partial charge in [0.2, 0.25) is 0 Å². The molecule has 1 saturated heterocycles. The van der Waals surface area contributed by atoms with Gasteiger partial charge in [-0.15, -0.1) is 0 Å². The summed E-state index contributed by atoms with van der Waals surface area (Å²) in [6, 6.07) is 4.29. The van der Waals surface area contributed by atoms with Crippen LogP contribution in [-0.4, -0.2) is 33.2 Å². The molecule has 1 aliphatic heterocycles. The predicted octanol–water partition coefficient (Wildman–Crippen LogP) is 5.68. The van der Waals surface area contributed by atoms with Crippen LogP contribution in [0.2, 0.25) is 0 Å². The summed E-state index contributed by atoms with van der Waals surface area (Å²) in [5.41, 5.74) is 0.904. The van der Waals surface area contributed by atoms with E-state index in [1.165, 1.54) is 12.1 Å². The molecule has 0 atom stereocenters. The molecule has 0 bridgehead atoms. The van der Waals surface area contributed by atoms with Gasteiger partial charge in [-0.2, -0.15) is 0 Å². The minimum Gasteiger partial charge on any atom is -0.385 e. The highest BCUT2D eigenvalue weighted by atomic mass is 19.2. The van der Waals surface area contributed by atoms with Crippen molar-refractivity contribution < 1.29 is 23.0 Å². The molecule has 2 aliphatic rings. The minimum atomic E-state index is -0.776. The molecule has 3 nitrogen and oxygen atoms in total. The van der Waals surface area contributed by atoms with E-state index in [-0.39, 0.29) is 6.29 Å². The van der Waals surface area contributed by atoms with Crippen molar-refractivity contribution in [2.24, 2.45) is 11.8 Å². The quantitative estimate of drug-likeness (QED) is 0.591. The summed E-state index contributed by atoms with van der Waals surface area (Å²) in [5.74, 6) is -0.359. The molecule has 3 rings (SSSR count). The molecule has 1 saturated carbocycles. The lowest BCUT2D eigenvalue weighted by Gasteiger charge is -2.37. The van der Waals surface area contributed by atoms with E-state index in [1.807, 2.05) is 13.8 Å². The van der Waals surface area contributed by atoms with Gasteiger partial charge >= 0.3 is 0 Å². The number of hydrogen-bond donors (Lipinski definition) is 0. The molecule has 154 valence electrons. The Morgan fingerprint density at radius 3 is 2.26 bits per heavy atom. The molecule has 1 aliphatic carbocycles. The normalized spacial score (nSPS) is 28.3. The molecule has 0 aromatic heterocycles. The van der Waals surface area contributed by atoms with Gasteiger partial charge in [-0.3, -0.25) is 0 Å². The second kappa shape index (κ2) is 11.7. The Labute approximate surface area is 162 Å². The number of halogens is 2. The van der Waals surface area contributed by atoms with Crippen LogP contribution in [0.15, 0.2) is 18.2 Å². The molecule has 1 aromatic rings. The Morgan fingerprint density at radius 1 is 1.00 bits per heavy atom. The molecule has 0 spiro atoms. The van der Waals surface area contributed by atoms with Gasteiger partial charge in [-0.1, -0.05) is 19.9 Å². The molecule has 0 radical (unpaired) electrons. The van der Waals surface area contributed by atoms with E-state index in [9.17, 15) is 8.78 Å². The molecular formula is C22H34F2O3. The first-order valence-electron chi connectivity index (χ1n) is 10.3. The van der Waals surface area contributed by atoms with Crippen molar-refractivity contribution in [3.05, 3.63) is 35.4 Å². The maximum atomic E-state index is 13.4. The van der Waals surface area contributed by atoms with Crippen molar-refractivity contribution in [1.29, 1.82) is 0 Å². The maximum absolute atomic E-state index is 13.4. The first-order chi connectivity index (χ1) is 13.2. The van der Waals surface area contributed by atoms with E-state index in [4.69, 9.17) is 14.2 Å². The van der Waals surface area contributed by atoms with Crippen LogP contribution in [0.3, 0.4) is 0 Å². The number of rotatable bonds is 6. The Kier molecular flexibility index (Phi) is 9.66. The van der Waals surface area contributed by atoms with Crippen molar-refractivity contribution >= 4 is 0 Å². The topological polar surface area (TPSA) is 27.7 Å². The van der Waals surface area contributed by atoms with Gasteiger partial charge in [-0.05, 0) is 62.1 Å². The molecule has 27 heavy (non-hydrogen) atoms. The zero-order valence-corrected chi connectivity index (χ0v) is 16.9. The van der Waals surface area contributed by atoms with Crippen molar-refractivity contribution in [2.75, 3.05) is 26.9 Å². The maximum Gasteiger partial charge on any atom is 0.160 e. The van der Waals surface area contributed by atoms with Crippen LogP contribution in [0, 0.1) is 23.5 Å². The fourth-order valence-corrected chi connectivity index (χ4v) is 4.00. The van der Waals surface area contributed by atoms with Gasteiger partial charge in [0.25, 0.3) is 0 Å². The Hall–Kier alpha value is -1.04. The summed E-state index contributed by atoms with van der Waals surface area (Å²) in [5, 5.41) is 0. The molecule has 0 unspecified atom stereocenters. The van der Waals surface area contributed by atoms with E-state index in [2.05, 4.69) is 0 Å². The average Bonchev–Trinajstić information content (AvgIpc) is 2.72. The number of benzene rings is 1. The van der Waals surface area contributed by atoms with E-state index < -0.39 is 11.6 Å². The van der Waals surface area contributed by atoms with Gasteiger partial charge in [0.1, 0.15) is 0 Å². The van der Waals surface area contributed by atoms with Gasteiger partial charge in [0, 0.05) is 25.6 Å². The number of hydrogen-bond acceptors (Lipinski definition) is 3. The van der Waals surface area contributed by atoms with E-state index in [0.717, 1.165) is 63.9 Å².